The summed E-state index contributed by atoms with van der Waals surface area (Å²) in [6.45, 7) is 11.6. The third-order valence-electron chi connectivity index (χ3n) is 3.24. The van der Waals surface area contributed by atoms with Crippen LogP contribution in [-0.4, -0.2) is 9.04 Å². The van der Waals surface area contributed by atoms with Crippen molar-refractivity contribution in [2.75, 3.05) is 0 Å². The molecule has 0 aromatic carbocycles. The lowest BCUT2D eigenvalue weighted by Crippen LogP contribution is -2.19. The number of hydrogen-bond donors (Lipinski definition) is 0. The van der Waals surface area contributed by atoms with E-state index in [1.54, 1.807) is 0 Å². The molecule has 15 heavy (non-hydrogen) atoms. The molecule has 0 radical (unpaired) electrons. The fourth-order valence-corrected chi connectivity index (χ4v) is 3.10. The maximum Gasteiger partial charge on any atom is 0.229 e. The van der Waals surface area contributed by atoms with E-state index in [2.05, 4.69) is 39.9 Å². The molecule has 0 aromatic rings. The predicted octanol–water partition coefficient (Wildman–Crippen LogP) is 4.11. The van der Waals surface area contributed by atoms with Gasteiger partial charge in [0.2, 0.25) is 9.04 Å². The molecule has 1 atom stereocenters. The van der Waals surface area contributed by atoms with E-state index < -0.39 is 9.04 Å². The van der Waals surface area contributed by atoms with E-state index in [9.17, 15) is 0 Å². The molecule has 0 spiro atoms. The Bertz CT molecular complexity index is 225. The van der Waals surface area contributed by atoms with Crippen LogP contribution >= 0.6 is 0 Å². The summed E-state index contributed by atoms with van der Waals surface area (Å²) in [6, 6.07) is 0. The second-order valence-corrected chi connectivity index (χ2v) is 8.35. The van der Waals surface area contributed by atoms with Crippen LogP contribution in [0.2, 0.25) is 13.1 Å². The molecule has 1 nitrogen and oxygen atoms in total. The molecule has 1 aliphatic carbocycles. The van der Waals surface area contributed by atoms with E-state index in [-0.39, 0.29) is 0 Å². The van der Waals surface area contributed by atoms with Crippen LogP contribution in [0.5, 0.6) is 0 Å². The van der Waals surface area contributed by atoms with Crippen LogP contribution in [0, 0.1) is 11.3 Å². The van der Waals surface area contributed by atoms with Crippen molar-refractivity contribution >= 4 is 9.04 Å². The van der Waals surface area contributed by atoms with Gasteiger partial charge in [0.05, 0.1) is 5.76 Å². The Morgan fingerprint density at radius 3 is 2.47 bits per heavy atom. The van der Waals surface area contributed by atoms with Gasteiger partial charge in [0.1, 0.15) is 0 Å². The van der Waals surface area contributed by atoms with E-state index in [1.165, 1.54) is 25.0 Å². The van der Waals surface area contributed by atoms with Crippen molar-refractivity contribution in [3.05, 3.63) is 11.8 Å². The number of rotatable bonds is 2. The average Bonchev–Trinajstić information content (AvgIpc) is 2.27. The summed E-state index contributed by atoms with van der Waals surface area (Å²) < 4.78 is 5.93. The maximum atomic E-state index is 5.93. The average molecular weight is 226 g/mol. The molecule has 0 fully saturated rings. The highest BCUT2D eigenvalue weighted by molar-refractivity contribution is 6.48. The molecular formula is C13H26OSi. The second-order valence-electron chi connectivity index (χ2n) is 6.02. The van der Waals surface area contributed by atoms with Gasteiger partial charge < -0.3 is 4.43 Å². The summed E-state index contributed by atoms with van der Waals surface area (Å²) in [6.07, 6.45) is 7.33. The zero-order chi connectivity index (χ0) is 11.5. The van der Waals surface area contributed by atoms with E-state index in [1.807, 2.05) is 0 Å². The van der Waals surface area contributed by atoms with Crippen LogP contribution in [0.3, 0.4) is 0 Å². The Labute approximate surface area is 96.6 Å². The summed E-state index contributed by atoms with van der Waals surface area (Å²) in [7, 11) is -0.894. The first-order chi connectivity index (χ1) is 6.89. The molecule has 0 saturated heterocycles. The summed E-state index contributed by atoms with van der Waals surface area (Å²) in [5.74, 6) is 2.13. The minimum Gasteiger partial charge on any atom is -0.550 e. The minimum absolute atomic E-state index is 0.457. The highest BCUT2D eigenvalue weighted by Crippen LogP contribution is 2.36. The highest BCUT2D eigenvalue weighted by Gasteiger charge is 2.25. The maximum absolute atomic E-state index is 5.93. The standard InChI is InChI=1S/C13H26OSi/c1-13(2,3)11-7-6-8-12(10-9-11)14-15(4)5/h8,11,15H,6-7,9-10H2,1-5H3. The van der Waals surface area contributed by atoms with Crippen LogP contribution in [0.1, 0.15) is 46.5 Å². The Morgan fingerprint density at radius 1 is 1.27 bits per heavy atom. The van der Waals surface area contributed by atoms with Gasteiger partial charge in [0.15, 0.2) is 0 Å². The van der Waals surface area contributed by atoms with Gasteiger partial charge in [-0.05, 0) is 49.8 Å². The molecule has 0 aromatic heterocycles. The molecule has 2 heteroatoms. The molecule has 0 heterocycles. The van der Waals surface area contributed by atoms with Gasteiger partial charge in [0.25, 0.3) is 0 Å². The summed E-state index contributed by atoms with van der Waals surface area (Å²) >= 11 is 0. The third-order valence-corrected chi connectivity index (χ3v) is 4.01. The molecule has 1 aliphatic rings. The van der Waals surface area contributed by atoms with Gasteiger partial charge in [-0.25, -0.2) is 0 Å². The van der Waals surface area contributed by atoms with E-state index in [0.717, 1.165) is 12.3 Å². The summed E-state index contributed by atoms with van der Waals surface area (Å²) in [5, 5.41) is 0. The Balaban J connectivity index is 2.49. The van der Waals surface area contributed by atoms with E-state index >= 15 is 0 Å². The SMILES string of the molecule is C[SiH](C)OC1=CCCC(C(C)(C)C)CC1. The third kappa shape index (κ3) is 4.41. The molecule has 88 valence electrons. The van der Waals surface area contributed by atoms with Gasteiger partial charge in [-0.15, -0.1) is 0 Å². The van der Waals surface area contributed by atoms with Crippen molar-refractivity contribution in [3.63, 3.8) is 0 Å². The predicted molar refractivity (Wildman–Crippen MR) is 69.5 cm³/mol. The minimum atomic E-state index is -0.894. The van der Waals surface area contributed by atoms with Gasteiger partial charge in [0, 0.05) is 6.42 Å². The first-order valence-electron chi connectivity index (χ1n) is 6.25. The molecule has 1 unspecified atom stereocenters. The van der Waals surface area contributed by atoms with Crippen molar-refractivity contribution in [3.8, 4) is 0 Å². The van der Waals surface area contributed by atoms with Crippen molar-refractivity contribution in [2.24, 2.45) is 11.3 Å². The zero-order valence-corrected chi connectivity index (χ0v) is 12.1. The fraction of sp³-hybridized carbons (Fsp3) is 0.846. The van der Waals surface area contributed by atoms with Crippen LogP contribution in [-0.2, 0) is 4.43 Å². The molecule has 0 aliphatic heterocycles. The summed E-state index contributed by atoms with van der Waals surface area (Å²) in [4.78, 5) is 0. The lowest BCUT2D eigenvalue weighted by atomic mass is 9.76. The first kappa shape index (κ1) is 12.8. The monoisotopic (exact) mass is 226 g/mol. The molecule has 0 amide bonds. The Kier molecular flexibility index (Phi) is 4.44. The fourth-order valence-electron chi connectivity index (χ4n) is 2.28. The smallest absolute Gasteiger partial charge is 0.229 e. The lowest BCUT2D eigenvalue weighted by Gasteiger charge is -2.29. The number of allylic oxidation sites excluding steroid dienone is 2. The molecule has 0 N–H and O–H groups in total. The number of hydrogen-bond acceptors (Lipinski definition) is 1. The Hall–Kier alpha value is -0.243. The van der Waals surface area contributed by atoms with Gasteiger partial charge in [-0.3, -0.25) is 0 Å². The normalized spacial score (nSPS) is 23.6. The van der Waals surface area contributed by atoms with Crippen molar-refractivity contribution in [1.29, 1.82) is 0 Å². The van der Waals surface area contributed by atoms with Crippen molar-refractivity contribution < 1.29 is 4.43 Å². The van der Waals surface area contributed by atoms with Gasteiger partial charge in [-0.2, -0.15) is 0 Å². The van der Waals surface area contributed by atoms with Gasteiger partial charge >= 0.3 is 0 Å². The van der Waals surface area contributed by atoms with Crippen LogP contribution in [0.4, 0.5) is 0 Å². The van der Waals surface area contributed by atoms with Crippen LogP contribution in [0.15, 0.2) is 11.8 Å². The Morgan fingerprint density at radius 2 is 1.93 bits per heavy atom. The molecular weight excluding hydrogens is 200 g/mol. The van der Waals surface area contributed by atoms with Crippen molar-refractivity contribution in [2.45, 2.75) is 59.5 Å². The second kappa shape index (κ2) is 5.20. The van der Waals surface area contributed by atoms with E-state index in [4.69, 9.17) is 4.43 Å². The largest absolute Gasteiger partial charge is 0.550 e. The topological polar surface area (TPSA) is 9.23 Å². The molecule has 0 saturated carbocycles. The highest BCUT2D eigenvalue weighted by atomic mass is 28.3. The van der Waals surface area contributed by atoms with E-state index in [0.29, 0.717) is 5.41 Å². The zero-order valence-electron chi connectivity index (χ0n) is 11.0. The van der Waals surface area contributed by atoms with Crippen molar-refractivity contribution in [1.82, 2.24) is 0 Å². The summed E-state index contributed by atoms with van der Waals surface area (Å²) in [5.41, 5.74) is 0.457. The van der Waals surface area contributed by atoms with Crippen LogP contribution < -0.4 is 0 Å². The van der Waals surface area contributed by atoms with Crippen LogP contribution in [0.25, 0.3) is 0 Å². The quantitative estimate of drug-likeness (QED) is 0.644. The first-order valence-corrected chi connectivity index (χ1v) is 9.03. The molecule has 1 rings (SSSR count). The molecule has 0 bridgehead atoms. The lowest BCUT2D eigenvalue weighted by molar-refractivity contribution is 0.213. The van der Waals surface area contributed by atoms with Gasteiger partial charge in [-0.1, -0.05) is 20.8 Å².